The third-order valence-electron chi connectivity index (χ3n) is 5.39. The molecule has 0 saturated carbocycles. The van der Waals surface area contributed by atoms with Gasteiger partial charge >= 0.3 is 5.97 Å². The van der Waals surface area contributed by atoms with E-state index in [1.54, 1.807) is 0 Å². The maximum Gasteiger partial charge on any atom is 0.339 e. The minimum absolute atomic E-state index is 0.0289. The van der Waals surface area contributed by atoms with Crippen LogP contribution in [0, 0.1) is 0 Å². The van der Waals surface area contributed by atoms with Crippen LogP contribution in [-0.2, 0) is 10.3 Å². The molecule has 0 N–H and O–H groups in total. The summed E-state index contributed by atoms with van der Waals surface area (Å²) < 4.78 is 5.76. The Balaban J connectivity index is 1.52. The molecule has 0 unspecified atom stereocenters. The molecular weight excluding hydrogens is 328 g/mol. The number of rotatable bonds is 2. The van der Waals surface area contributed by atoms with Crippen molar-refractivity contribution in [1.29, 1.82) is 0 Å². The van der Waals surface area contributed by atoms with Gasteiger partial charge in [0.2, 0.25) is 0 Å². The Bertz CT molecular complexity index is 867. The maximum atomic E-state index is 12.9. The fraction of sp³-hybridized carbons (Fsp3) is 0.333. The van der Waals surface area contributed by atoms with Crippen molar-refractivity contribution in [2.75, 3.05) is 32.1 Å². The van der Waals surface area contributed by atoms with Gasteiger partial charge in [-0.1, -0.05) is 24.3 Å². The molecule has 0 aliphatic carbocycles. The van der Waals surface area contributed by atoms with Gasteiger partial charge in [-0.05, 0) is 24.3 Å². The second-order valence-electron chi connectivity index (χ2n) is 7.17. The van der Waals surface area contributed by atoms with Crippen molar-refractivity contribution in [3.63, 3.8) is 0 Å². The van der Waals surface area contributed by atoms with E-state index in [4.69, 9.17) is 4.74 Å². The number of benzene rings is 2. The van der Waals surface area contributed by atoms with E-state index in [9.17, 15) is 9.59 Å². The first-order valence-electron chi connectivity index (χ1n) is 8.90. The number of fused-ring (bicyclic) bond motifs is 2. The molecule has 2 aromatic rings. The number of likely N-dealkylation sites (tertiary alicyclic amines) is 1. The SMILES string of the molecule is CN(C)c1cccc(C(=O)N2CCC3(CC2)OC(=O)c2ccccc23)c1. The molecule has 1 amide bonds. The Hall–Kier alpha value is -2.82. The zero-order valence-corrected chi connectivity index (χ0v) is 15.1. The minimum Gasteiger partial charge on any atom is -0.450 e. The highest BCUT2D eigenvalue weighted by atomic mass is 16.6. The Morgan fingerprint density at radius 1 is 1.08 bits per heavy atom. The summed E-state index contributed by atoms with van der Waals surface area (Å²) in [7, 11) is 3.92. The second-order valence-corrected chi connectivity index (χ2v) is 7.17. The third-order valence-corrected chi connectivity index (χ3v) is 5.39. The van der Waals surface area contributed by atoms with Gasteiger partial charge in [-0.15, -0.1) is 0 Å². The van der Waals surface area contributed by atoms with Gasteiger partial charge in [-0.3, -0.25) is 4.79 Å². The summed E-state index contributed by atoms with van der Waals surface area (Å²) in [6, 6.07) is 15.2. The van der Waals surface area contributed by atoms with Gasteiger partial charge in [-0.2, -0.15) is 0 Å². The predicted octanol–water partition coefficient (Wildman–Crippen LogP) is 3.05. The fourth-order valence-corrected chi connectivity index (χ4v) is 3.89. The Kier molecular flexibility index (Phi) is 3.94. The summed E-state index contributed by atoms with van der Waals surface area (Å²) in [6.45, 7) is 1.15. The van der Waals surface area contributed by atoms with Crippen LogP contribution in [0.25, 0.3) is 0 Å². The number of esters is 1. The third kappa shape index (κ3) is 2.64. The number of nitrogens with zero attached hydrogens (tertiary/aromatic N) is 2. The molecule has 2 aliphatic heterocycles. The van der Waals surface area contributed by atoms with E-state index in [2.05, 4.69) is 0 Å². The monoisotopic (exact) mass is 350 g/mol. The average molecular weight is 350 g/mol. The molecule has 1 fully saturated rings. The highest BCUT2D eigenvalue weighted by molar-refractivity contribution is 5.96. The van der Waals surface area contributed by atoms with E-state index in [0.29, 0.717) is 37.1 Å². The van der Waals surface area contributed by atoms with E-state index in [-0.39, 0.29) is 11.9 Å². The van der Waals surface area contributed by atoms with Crippen LogP contribution in [0.15, 0.2) is 48.5 Å². The molecular formula is C21H22N2O3. The van der Waals surface area contributed by atoms with Gasteiger partial charge in [0.25, 0.3) is 5.91 Å². The fourth-order valence-electron chi connectivity index (χ4n) is 3.89. The van der Waals surface area contributed by atoms with Crippen LogP contribution < -0.4 is 4.90 Å². The van der Waals surface area contributed by atoms with Crippen molar-refractivity contribution in [3.8, 4) is 0 Å². The van der Waals surface area contributed by atoms with E-state index >= 15 is 0 Å². The van der Waals surface area contributed by atoms with Crippen molar-refractivity contribution in [3.05, 3.63) is 65.2 Å². The standard InChI is InChI=1S/C21H22N2O3/c1-22(2)16-7-5-6-15(14-16)19(24)23-12-10-21(11-13-23)18-9-4-3-8-17(18)20(25)26-21/h3-9,14H,10-13H2,1-2H3. The lowest BCUT2D eigenvalue weighted by Gasteiger charge is -2.38. The first-order chi connectivity index (χ1) is 12.5. The van der Waals surface area contributed by atoms with Crippen LogP contribution in [0.1, 0.15) is 39.1 Å². The summed E-state index contributed by atoms with van der Waals surface area (Å²) in [5, 5.41) is 0. The molecule has 0 radical (unpaired) electrons. The van der Waals surface area contributed by atoms with Crippen LogP contribution in [0.2, 0.25) is 0 Å². The second kappa shape index (κ2) is 6.16. The lowest BCUT2D eigenvalue weighted by molar-refractivity contribution is -0.0389. The molecule has 1 spiro atoms. The van der Waals surface area contributed by atoms with Gasteiger partial charge < -0.3 is 14.5 Å². The molecule has 0 atom stereocenters. The highest BCUT2D eigenvalue weighted by Gasteiger charge is 2.47. The lowest BCUT2D eigenvalue weighted by Crippen LogP contribution is -2.45. The van der Waals surface area contributed by atoms with E-state index < -0.39 is 5.60 Å². The summed E-state index contributed by atoms with van der Waals surface area (Å²) in [4.78, 5) is 28.9. The molecule has 2 aliphatic rings. The zero-order chi connectivity index (χ0) is 18.3. The number of carbonyl (C=O) groups excluding carboxylic acids is 2. The van der Waals surface area contributed by atoms with Crippen LogP contribution >= 0.6 is 0 Å². The zero-order valence-electron chi connectivity index (χ0n) is 15.1. The van der Waals surface area contributed by atoms with E-state index in [1.165, 1.54) is 0 Å². The Morgan fingerprint density at radius 2 is 1.81 bits per heavy atom. The number of anilines is 1. The quantitative estimate of drug-likeness (QED) is 0.781. The Morgan fingerprint density at radius 3 is 2.54 bits per heavy atom. The number of ether oxygens (including phenoxy) is 1. The molecule has 0 bridgehead atoms. The molecule has 26 heavy (non-hydrogen) atoms. The van der Waals surface area contributed by atoms with Crippen LogP contribution in [0.3, 0.4) is 0 Å². The first kappa shape index (κ1) is 16.6. The van der Waals surface area contributed by atoms with Crippen molar-refractivity contribution in [1.82, 2.24) is 4.90 Å². The topological polar surface area (TPSA) is 49.9 Å². The van der Waals surface area contributed by atoms with Crippen LogP contribution in [0.4, 0.5) is 5.69 Å². The van der Waals surface area contributed by atoms with Gasteiger partial charge in [0.15, 0.2) is 0 Å². The number of carbonyl (C=O) groups is 2. The largest absolute Gasteiger partial charge is 0.450 e. The summed E-state index contributed by atoms with van der Waals surface area (Å²) >= 11 is 0. The van der Waals surface area contributed by atoms with E-state index in [1.807, 2.05) is 72.4 Å². The van der Waals surface area contributed by atoms with Crippen molar-refractivity contribution in [2.45, 2.75) is 18.4 Å². The molecule has 2 aromatic carbocycles. The van der Waals surface area contributed by atoms with Gasteiger partial charge in [-0.25, -0.2) is 4.79 Å². The molecule has 1 saturated heterocycles. The van der Waals surface area contributed by atoms with Crippen LogP contribution in [-0.4, -0.2) is 44.0 Å². The number of amides is 1. The molecule has 2 heterocycles. The summed E-state index contributed by atoms with van der Waals surface area (Å²) in [5.41, 5.74) is 2.74. The highest BCUT2D eigenvalue weighted by Crippen LogP contribution is 2.44. The molecule has 5 nitrogen and oxygen atoms in total. The van der Waals surface area contributed by atoms with Crippen LogP contribution in [0.5, 0.6) is 0 Å². The Labute approximate surface area is 153 Å². The summed E-state index contributed by atoms with van der Waals surface area (Å²) in [6.07, 6.45) is 1.27. The molecule has 4 rings (SSSR count). The van der Waals surface area contributed by atoms with E-state index in [0.717, 1.165) is 11.3 Å². The van der Waals surface area contributed by atoms with Gasteiger partial charge in [0, 0.05) is 56.8 Å². The summed E-state index contributed by atoms with van der Waals surface area (Å²) in [5.74, 6) is -0.222. The van der Waals surface area contributed by atoms with Crippen molar-refractivity contribution < 1.29 is 14.3 Å². The smallest absolute Gasteiger partial charge is 0.339 e. The molecule has 0 aromatic heterocycles. The first-order valence-corrected chi connectivity index (χ1v) is 8.90. The van der Waals surface area contributed by atoms with Gasteiger partial charge in [0.05, 0.1) is 5.56 Å². The van der Waals surface area contributed by atoms with Crippen molar-refractivity contribution in [2.24, 2.45) is 0 Å². The molecule has 134 valence electrons. The number of hydrogen-bond donors (Lipinski definition) is 0. The predicted molar refractivity (Wildman–Crippen MR) is 99.4 cm³/mol. The number of piperidine rings is 1. The maximum absolute atomic E-state index is 12.9. The van der Waals surface area contributed by atoms with Gasteiger partial charge in [0.1, 0.15) is 5.60 Å². The van der Waals surface area contributed by atoms with Crippen molar-refractivity contribution >= 4 is 17.6 Å². The normalized spacial score (nSPS) is 17.8. The average Bonchev–Trinajstić information content (AvgIpc) is 2.94. The molecule has 5 heteroatoms. The number of hydrogen-bond acceptors (Lipinski definition) is 4. The lowest BCUT2D eigenvalue weighted by atomic mass is 9.83. The minimum atomic E-state index is -0.573.